The molecule has 0 amide bonds. The van der Waals surface area contributed by atoms with E-state index in [-0.39, 0.29) is 0 Å². The third-order valence-electron chi connectivity index (χ3n) is 6.89. The van der Waals surface area contributed by atoms with Crippen molar-refractivity contribution < 1.29 is 4.57 Å². The van der Waals surface area contributed by atoms with Gasteiger partial charge in [-0.15, -0.1) is 0 Å². The van der Waals surface area contributed by atoms with E-state index >= 15 is 0 Å². The quantitative estimate of drug-likeness (QED) is 0.241. The van der Waals surface area contributed by atoms with Crippen molar-refractivity contribution in [1.29, 1.82) is 0 Å². The lowest BCUT2D eigenvalue weighted by Crippen LogP contribution is -2.33. The molecule has 0 saturated carbocycles. The summed E-state index contributed by atoms with van der Waals surface area (Å²) in [6.45, 7) is 3.15. The van der Waals surface area contributed by atoms with E-state index in [4.69, 9.17) is 0 Å². The van der Waals surface area contributed by atoms with Crippen LogP contribution in [0.4, 0.5) is 5.82 Å². The number of benzene rings is 4. The third kappa shape index (κ3) is 3.23. The van der Waals surface area contributed by atoms with Crippen LogP contribution in [0.15, 0.2) is 109 Å². The topological polar surface area (TPSA) is 7.12 Å². The van der Waals surface area contributed by atoms with Crippen LogP contribution in [0.5, 0.6) is 0 Å². The number of hydrogen-bond acceptors (Lipinski definition) is 1. The summed E-state index contributed by atoms with van der Waals surface area (Å²) in [7, 11) is 0. The molecule has 2 nitrogen and oxygen atoms in total. The minimum absolute atomic E-state index is 0.401. The summed E-state index contributed by atoms with van der Waals surface area (Å²) in [4.78, 5) is 2.60. The van der Waals surface area contributed by atoms with Gasteiger partial charge in [-0.1, -0.05) is 97.1 Å². The number of nitrogens with zero attached hydrogens (tertiary/aromatic N) is 2. The average Bonchev–Trinajstić information content (AvgIpc) is 3.30. The maximum Gasteiger partial charge on any atom is 0.285 e. The summed E-state index contributed by atoms with van der Waals surface area (Å²) in [5, 5.41) is 4.06. The molecule has 0 aliphatic carbocycles. The normalized spacial score (nSPS) is 13.2. The van der Waals surface area contributed by atoms with Crippen molar-refractivity contribution in [2.24, 2.45) is 0 Å². The van der Waals surface area contributed by atoms with Crippen molar-refractivity contribution in [3.8, 4) is 0 Å². The first-order valence-electron chi connectivity index (χ1n) is 11.6. The Morgan fingerprint density at radius 2 is 1.19 bits per heavy atom. The molecule has 1 aliphatic heterocycles. The van der Waals surface area contributed by atoms with Crippen molar-refractivity contribution in [3.63, 3.8) is 0 Å². The van der Waals surface area contributed by atoms with E-state index in [1.807, 2.05) is 0 Å². The highest BCUT2D eigenvalue weighted by Gasteiger charge is 2.32. The van der Waals surface area contributed by atoms with Gasteiger partial charge in [-0.3, -0.25) is 4.90 Å². The molecule has 0 radical (unpaired) electrons. The van der Waals surface area contributed by atoms with E-state index in [0.29, 0.717) is 5.92 Å². The smallest absolute Gasteiger partial charge is 0.257 e. The van der Waals surface area contributed by atoms with E-state index < -0.39 is 0 Å². The second-order valence-electron chi connectivity index (χ2n) is 8.69. The Bertz CT molecular complexity index is 1340. The summed E-state index contributed by atoms with van der Waals surface area (Å²) < 4.78 is 2.53. The standard InChI is InChI=1S/C30H27N2/c1-3-11-23(12-4-1)25(24-13-5-2-6-14-24)19-20-31-21-22-32-29-18-10-9-16-27(29)26-15-7-8-17-28(26)30(31)32/h1-18,25H,19-22H2/q+1. The maximum absolute atomic E-state index is 2.60. The van der Waals surface area contributed by atoms with Gasteiger partial charge in [-0.05, 0) is 29.7 Å². The van der Waals surface area contributed by atoms with Gasteiger partial charge < -0.3 is 0 Å². The van der Waals surface area contributed by atoms with E-state index in [2.05, 4.69) is 119 Å². The third-order valence-corrected chi connectivity index (χ3v) is 6.89. The minimum atomic E-state index is 0.401. The van der Waals surface area contributed by atoms with Crippen LogP contribution in [-0.4, -0.2) is 13.1 Å². The second kappa shape index (κ2) is 8.12. The number of pyridine rings is 1. The molecule has 2 heteroatoms. The zero-order valence-corrected chi connectivity index (χ0v) is 18.2. The van der Waals surface area contributed by atoms with Gasteiger partial charge in [0.05, 0.1) is 11.9 Å². The minimum Gasteiger partial charge on any atom is -0.257 e. The molecule has 4 aromatic carbocycles. The summed E-state index contributed by atoms with van der Waals surface area (Å²) in [5.74, 6) is 1.78. The van der Waals surface area contributed by atoms with Crippen LogP contribution < -0.4 is 9.47 Å². The number of para-hydroxylation sites is 1. The Kier molecular flexibility index (Phi) is 4.84. The van der Waals surface area contributed by atoms with E-state index in [9.17, 15) is 0 Å². The van der Waals surface area contributed by atoms with Crippen LogP contribution in [0, 0.1) is 0 Å². The molecule has 6 rings (SSSR count). The van der Waals surface area contributed by atoms with Gasteiger partial charge >= 0.3 is 0 Å². The Balaban J connectivity index is 1.39. The largest absolute Gasteiger partial charge is 0.285 e. The predicted molar refractivity (Wildman–Crippen MR) is 133 cm³/mol. The summed E-state index contributed by atoms with van der Waals surface area (Å²) in [6, 6.07) is 39.7. The van der Waals surface area contributed by atoms with Gasteiger partial charge in [0.25, 0.3) is 5.82 Å². The van der Waals surface area contributed by atoms with Gasteiger partial charge in [0.15, 0.2) is 0 Å². The van der Waals surface area contributed by atoms with E-state index in [1.165, 1.54) is 38.6 Å². The van der Waals surface area contributed by atoms with Crippen LogP contribution in [-0.2, 0) is 6.54 Å². The first-order chi connectivity index (χ1) is 15.9. The van der Waals surface area contributed by atoms with Crippen LogP contribution in [0.25, 0.3) is 21.7 Å². The van der Waals surface area contributed by atoms with Crippen molar-refractivity contribution in [3.05, 3.63) is 120 Å². The molecule has 1 aliphatic rings. The summed E-state index contributed by atoms with van der Waals surface area (Å²) in [5.41, 5.74) is 4.13. The lowest BCUT2D eigenvalue weighted by atomic mass is 9.88. The van der Waals surface area contributed by atoms with Crippen LogP contribution >= 0.6 is 0 Å². The van der Waals surface area contributed by atoms with Crippen molar-refractivity contribution in [1.82, 2.24) is 0 Å². The van der Waals surface area contributed by atoms with Crippen molar-refractivity contribution in [2.75, 3.05) is 18.0 Å². The highest BCUT2D eigenvalue weighted by molar-refractivity contribution is 6.08. The molecular formula is C30H27N2+. The first-order valence-corrected chi connectivity index (χ1v) is 11.6. The molecule has 2 heterocycles. The molecule has 0 saturated heterocycles. The number of anilines is 1. The van der Waals surface area contributed by atoms with Crippen LogP contribution in [0.1, 0.15) is 23.5 Å². The fourth-order valence-corrected chi connectivity index (χ4v) is 5.40. The van der Waals surface area contributed by atoms with Gasteiger partial charge in [0.1, 0.15) is 18.6 Å². The molecule has 1 aromatic heterocycles. The summed E-state index contributed by atoms with van der Waals surface area (Å²) >= 11 is 0. The predicted octanol–water partition coefficient (Wildman–Crippen LogP) is 6.32. The summed E-state index contributed by atoms with van der Waals surface area (Å²) in [6.07, 6.45) is 1.09. The van der Waals surface area contributed by atoms with Gasteiger partial charge in [0.2, 0.25) is 0 Å². The Morgan fingerprint density at radius 1 is 0.625 bits per heavy atom. The highest BCUT2D eigenvalue weighted by atomic mass is 15.3. The molecule has 0 bridgehead atoms. The monoisotopic (exact) mass is 415 g/mol. The fraction of sp³-hybridized carbons (Fsp3) is 0.167. The maximum atomic E-state index is 2.60. The van der Waals surface area contributed by atoms with Gasteiger partial charge in [0, 0.05) is 16.7 Å². The Hall–Kier alpha value is -3.65. The highest BCUT2D eigenvalue weighted by Crippen LogP contribution is 2.34. The van der Waals surface area contributed by atoms with Crippen molar-refractivity contribution in [2.45, 2.75) is 18.9 Å². The fourth-order valence-electron chi connectivity index (χ4n) is 5.40. The SMILES string of the molecule is c1ccc(C(CCN2CC[n+]3c2c2ccccc2c2ccccc23)c2ccccc2)cc1. The number of hydrogen-bond donors (Lipinski definition) is 0. The molecule has 0 unspecified atom stereocenters. The Morgan fingerprint density at radius 3 is 1.88 bits per heavy atom. The first kappa shape index (κ1) is 19.1. The number of fused-ring (bicyclic) bond motifs is 6. The lowest BCUT2D eigenvalue weighted by molar-refractivity contribution is -0.643. The molecule has 0 N–H and O–H groups in total. The van der Waals surface area contributed by atoms with Gasteiger partial charge in [-0.2, -0.15) is 0 Å². The number of rotatable bonds is 5. The zero-order valence-electron chi connectivity index (χ0n) is 18.2. The molecule has 32 heavy (non-hydrogen) atoms. The molecule has 156 valence electrons. The average molecular weight is 416 g/mol. The molecule has 0 atom stereocenters. The van der Waals surface area contributed by atoms with E-state index in [1.54, 1.807) is 0 Å². The number of aromatic nitrogens is 1. The van der Waals surface area contributed by atoms with Crippen molar-refractivity contribution >= 4 is 27.5 Å². The Labute approximate surface area is 189 Å². The molecule has 0 spiro atoms. The molecular weight excluding hydrogens is 388 g/mol. The molecule has 0 fully saturated rings. The second-order valence-corrected chi connectivity index (χ2v) is 8.69. The van der Waals surface area contributed by atoms with Gasteiger partial charge in [-0.25, -0.2) is 4.57 Å². The van der Waals surface area contributed by atoms with Crippen LogP contribution in [0.3, 0.4) is 0 Å². The molecule has 5 aromatic rings. The lowest BCUT2D eigenvalue weighted by Gasteiger charge is -2.20. The zero-order chi connectivity index (χ0) is 21.3. The van der Waals surface area contributed by atoms with Crippen LogP contribution in [0.2, 0.25) is 0 Å². The van der Waals surface area contributed by atoms with E-state index in [0.717, 1.165) is 26.1 Å².